The summed E-state index contributed by atoms with van der Waals surface area (Å²) in [5.41, 5.74) is 1.44. The maximum Gasteiger partial charge on any atom is 0.269 e. The second-order valence-corrected chi connectivity index (χ2v) is 7.51. The molecule has 1 aliphatic rings. The highest BCUT2D eigenvalue weighted by Gasteiger charge is 2.27. The van der Waals surface area contributed by atoms with Gasteiger partial charge in [-0.3, -0.25) is 14.5 Å². The molecule has 27 heavy (non-hydrogen) atoms. The lowest BCUT2D eigenvalue weighted by Gasteiger charge is -2.11. The Bertz CT molecular complexity index is 1000. The first-order chi connectivity index (χ1) is 13.2. The van der Waals surface area contributed by atoms with E-state index in [0.717, 1.165) is 29.5 Å². The number of hydrogen-bond acceptors (Lipinski definition) is 5. The van der Waals surface area contributed by atoms with E-state index in [0.29, 0.717) is 29.5 Å². The minimum atomic E-state index is -0.154. The van der Waals surface area contributed by atoms with Gasteiger partial charge in [-0.1, -0.05) is 30.0 Å². The molecule has 140 valence electrons. The molecule has 0 radical (unpaired) electrons. The fourth-order valence-electron chi connectivity index (χ4n) is 3.07. The van der Waals surface area contributed by atoms with Gasteiger partial charge in [-0.05, 0) is 43.4 Å². The summed E-state index contributed by atoms with van der Waals surface area (Å²) in [4.78, 5) is 17.1. The van der Waals surface area contributed by atoms with Crippen molar-refractivity contribution in [3.05, 3.63) is 52.8 Å². The first-order valence-electron chi connectivity index (χ1n) is 8.80. The van der Waals surface area contributed by atoms with E-state index in [-0.39, 0.29) is 5.91 Å². The van der Waals surface area contributed by atoms with Crippen molar-refractivity contribution in [1.29, 1.82) is 0 Å². The molecule has 2 heterocycles. The van der Waals surface area contributed by atoms with Gasteiger partial charge in [-0.2, -0.15) is 5.10 Å². The Balaban J connectivity index is 1.48. The van der Waals surface area contributed by atoms with E-state index < -0.39 is 0 Å². The minimum Gasteiger partial charge on any atom is -0.350 e. The van der Waals surface area contributed by atoms with Crippen LogP contribution in [0.3, 0.4) is 0 Å². The zero-order valence-electron chi connectivity index (χ0n) is 14.9. The molecule has 0 atom stereocenters. The van der Waals surface area contributed by atoms with Gasteiger partial charge in [-0.15, -0.1) is 0 Å². The van der Waals surface area contributed by atoms with Crippen LogP contribution in [-0.4, -0.2) is 43.0 Å². The van der Waals surface area contributed by atoms with Gasteiger partial charge >= 0.3 is 0 Å². The third-order valence-electron chi connectivity index (χ3n) is 4.48. The number of rotatable bonds is 7. The number of amides is 1. The monoisotopic (exact) mass is 400 g/mol. The highest BCUT2D eigenvalue weighted by atomic mass is 32.2. The van der Waals surface area contributed by atoms with Crippen molar-refractivity contribution >= 4 is 29.9 Å². The summed E-state index contributed by atoms with van der Waals surface area (Å²) in [5.74, 6) is 0.739. The van der Waals surface area contributed by atoms with Crippen molar-refractivity contribution in [2.75, 3.05) is 12.8 Å². The molecule has 7 nitrogen and oxygen atoms in total. The molecule has 0 spiro atoms. The SMILES string of the molecule is CSc1ncc(C(=O)NCCc2n[nH]c(=S)n2C2CC2)n1-c1ccccc1. The first-order valence-corrected chi connectivity index (χ1v) is 10.4. The number of aromatic amines is 1. The van der Waals surface area contributed by atoms with E-state index >= 15 is 0 Å². The number of nitrogens with zero attached hydrogens (tertiary/aromatic N) is 4. The lowest BCUT2D eigenvalue weighted by molar-refractivity contribution is 0.0946. The molecule has 1 saturated carbocycles. The normalized spacial score (nSPS) is 13.7. The summed E-state index contributed by atoms with van der Waals surface area (Å²) in [5, 5.41) is 10.9. The van der Waals surface area contributed by atoms with Crippen LogP contribution in [0.4, 0.5) is 0 Å². The van der Waals surface area contributed by atoms with Gasteiger partial charge < -0.3 is 9.88 Å². The van der Waals surface area contributed by atoms with Crippen LogP contribution in [0.5, 0.6) is 0 Å². The van der Waals surface area contributed by atoms with Gasteiger partial charge in [-0.25, -0.2) is 4.98 Å². The molecule has 0 bridgehead atoms. The summed E-state index contributed by atoms with van der Waals surface area (Å²) < 4.78 is 4.60. The largest absolute Gasteiger partial charge is 0.350 e. The first kappa shape index (κ1) is 18.0. The van der Waals surface area contributed by atoms with Gasteiger partial charge in [0.1, 0.15) is 11.5 Å². The highest BCUT2D eigenvalue weighted by Crippen LogP contribution is 2.35. The van der Waals surface area contributed by atoms with Gasteiger partial charge in [0.25, 0.3) is 5.91 Å². The fraction of sp³-hybridized carbons (Fsp3) is 0.333. The molecular weight excluding hydrogens is 380 g/mol. The van der Waals surface area contributed by atoms with Crippen molar-refractivity contribution in [3.63, 3.8) is 0 Å². The van der Waals surface area contributed by atoms with Crippen LogP contribution in [0.15, 0.2) is 41.7 Å². The van der Waals surface area contributed by atoms with Crippen molar-refractivity contribution < 1.29 is 4.79 Å². The molecule has 1 aliphatic carbocycles. The standard InChI is InChI=1S/C18H20N6OS2/c1-27-18-20-11-14(23(18)12-5-3-2-4-6-12)16(25)19-10-9-15-21-22-17(26)24(15)13-7-8-13/h2-6,11,13H,7-10H2,1H3,(H,19,25)(H,22,26). The molecule has 1 aromatic carbocycles. The predicted octanol–water partition coefficient (Wildman–Crippen LogP) is 3.16. The van der Waals surface area contributed by atoms with Crippen LogP contribution in [0.25, 0.3) is 5.69 Å². The number of carbonyl (C=O) groups excluding carboxylic acids is 1. The Kier molecular flexibility index (Phi) is 5.13. The van der Waals surface area contributed by atoms with E-state index in [9.17, 15) is 4.79 Å². The predicted molar refractivity (Wildman–Crippen MR) is 107 cm³/mol. The molecule has 0 saturated heterocycles. The summed E-state index contributed by atoms with van der Waals surface area (Å²) in [6, 6.07) is 10.2. The third-order valence-corrected chi connectivity index (χ3v) is 5.42. The molecule has 3 aromatic rings. The Morgan fingerprint density at radius 1 is 1.37 bits per heavy atom. The van der Waals surface area contributed by atoms with Crippen molar-refractivity contribution in [1.82, 2.24) is 29.6 Å². The van der Waals surface area contributed by atoms with Gasteiger partial charge in [0, 0.05) is 24.7 Å². The van der Waals surface area contributed by atoms with Crippen LogP contribution in [-0.2, 0) is 6.42 Å². The summed E-state index contributed by atoms with van der Waals surface area (Å²) in [6.07, 6.45) is 6.48. The quantitative estimate of drug-likeness (QED) is 0.470. The number of aromatic nitrogens is 5. The van der Waals surface area contributed by atoms with Crippen molar-refractivity contribution in [2.24, 2.45) is 0 Å². The molecule has 1 amide bonds. The van der Waals surface area contributed by atoms with Gasteiger partial charge in [0.15, 0.2) is 9.93 Å². The maximum absolute atomic E-state index is 12.8. The average Bonchev–Trinajstić information content (AvgIpc) is 3.31. The average molecular weight is 401 g/mol. The van der Waals surface area contributed by atoms with Crippen LogP contribution in [0.2, 0.25) is 0 Å². The van der Waals surface area contributed by atoms with E-state index in [4.69, 9.17) is 12.2 Å². The van der Waals surface area contributed by atoms with Crippen molar-refractivity contribution in [2.45, 2.75) is 30.5 Å². The lowest BCUT2D eigenvalue weighted by atomic mass is 10.3. The minimum absolute atomic E-state index is 0.154. The second-order valence-electron chi connectivity index (χ2n) is 6.35. The molecule has 1 fully saturated rings. The lowest BCUT2D eigenvalue weighted by Crippen LogP contribution is -2.28. The zero-order valence-corrected chi connectivity index (χ0v) is 16.5. The molecule has 9 heteroatoms. The highest BCUT2D eigenvalue weighted by molar-refractivity contribution is 7.98. The van der Waals surface area contributed by atoms with E-state index in [1.807, 2.05) is 41.2 Å². The fourth-order valence-corrected chi connectivity index (χ4v) is 3.91. The Morgan fingerprint density at radius 2 is 2.15 bits per heavy atom. The van der Waals surface area contributed by atoms with Gasteiger partial charge in [0.2, 0.25) is 0 Å². The summed E-state index contributed by atoms with van der Waals surface area (Å²) >= 11 is 6.81. The molecule has 2 aromatic heterocycles. The molecule has 0 unspecified atom stereocenters. The van der Waals surface area contributed by atoms with Crippen LogP contribution in [0.1, 0.15) is 35.2 Å². The smallest absolute Gasteiger partial charge is 0.269 e. The van der Waals surface area contributed by atoms with E-state index in [1.54, 1.807) is 6.20 Å². The number of hydrogen-bond donors (Lipinski definition) is 2. The summed E-state index contributed by atoms with van der Waals surface area (Å²) in [7, 11) is 0. The number of imidazole rings is 1. The summed E-state index contributed by atoms with van der Waals surface area (Å²) in [6.45, 7) is 0.486. The van der Waals surface area contributed by atoms with Crippen LogP contribution in [0, 0.1) is 4.77 Å². The molecule has 2 N–H and O–H groups in total. The maximum atomic E-state index is 12.8. The van der Waals surface area contributed by atoms with Crippen molar-refractivity contribution in [3.8, 4) is 5.69 Å². The second kappa shape index (κ2) is 7.69. The number of para-hydroxylation sites is 1. The van der Waals surface area contributed by atoms with E-state index in [1.165, 1.54) is 11.8 Å². The molecule has 4 rings (SSSR count). The van der Waals surface area contributed by atoms with Gasteiger partial charge in [0.05, 0.1) is 6.20 Å². The van der Waals surface area contributed by atoms with Crippen LogP contribution < -0.4 is 5.32 Å². The molecule has 0 aliphatic heterocycles. The van der Waals surface area contributed by atoms with Crippen LogP contribution >= 0.6 is 24.0 Å². The number of nitrogens with one attached hydrogen (secondary N) is 2. The number of thioether (sulfide) groups is 1. The number of benzene rings is 1. The number of H-pyrrole nitrogens is 1. The Morgan fingerprint density at radius 3 is 2.85 bits per heavy atom. The Hall–Kier alpha value is -2.39. The number of carbonyl (C=O) groups is 1. The third kappa shape index (κ3) is 3.70. The molecular formula is C18H20N6OS2. The zero-order chi connectivity index (χ0) is 18.8. The topological polar surface area (TPSA) is 80.5 Å². The van der Waals surface area contributed by atoms with E-state index in [2.05, 4.69) is 25.1 Å². The Labute approximate surface area is 166 Å².